The summed E-state index contributed by atoms with van der Waals surface area (Å²) in [6.07, 6.45) is 5.27. The lowest BCUT2D eigenvalue weighted by atomic mass is 9.74. The summed E-state index contributed by atoms with van der Waals surface area (Å²) in [4.78, 5) is 2.61. The molecule has 1 aliphatic rings. The van der Waals surface area contributed by atoms with E-state index in [-0.39, 0.29) is 0 Å². The second kappa shape index (κ2) is 6.93. The first kappa shape index (κ1) is 16.5. The van der Waals surface area contributed by atoms with Crippen molar-refractivity contribution in [1.29, 1.82) is 0 Å². The fraction of sp³-hybridized carbons (Fsp3) is 0.684. The molecular formula is C19H32N2. The zero-order valence-electron chi connectivity index (χ0n) is 14.3. The summed E-state index contributed by atoms with van der Waals surface area (Å²) >= 11 is 0. The molecule has 2 heteroatoms. The lowest BCUT2D eigenvalue weighted by Gasteiger charge is -2.44. The summed E-state index contributed by atoms with van der Waals surface area (Å²) in [5.41, 5.74) is 10.8. The minimum Gasteiger partial charge on any atom is -0.329 e. The number of aryl methyl sites for hydroxylation is 2. The molecule has 2 nitrogen and oxygen atoms in total. The molecule has 1 unspecified atom stereocenters. The maximum atomic E-state index is 6.13. The number of nitrogens with two attached hydrogens (primary N) is 1. The van der Waals surface area contributed by atoms with Gasteiger partial charge in [0.2, 0.25) is 0 Å². The Morgan fingerprint density at radius 1 is 1.05 bits per heavy atom. The fourth-order valence-electron chi connectivity index (χ4n) is 3.97. The monoisotopic (exact) mass is 288 g/mol. The summed E-state index contributed by atoms with van der Waals surface area (Å²) in [5.74, 6) is 0. The number of benzene rings is 1. The normalized spacial score (nSPS) is 20.4. The van der Waals surface area contributed by atoms with Crippen LogP contribution in [0.4, 0.5) is 0 Å². The Kier molecular flexibility index (Phi) is 5.45. The van der Waals surface area contributed by atoms with Gasteiger partial charge in [-0.3, -0.25) is 4.90 Å². The van der Waals surface area contributed by atoms with Gasteiger partial charge in [-0.2, -0.15) is 0 Å². The van der Waals surface area contributed by atoms with Gasteiger partial charge >= 0.3 is 0 Å². The van der Waals surface area contributed by atoms with E-state index in [1.807, 2.05) is 0 Å². The maximum Gasteiger partial charge on any atom is 0.0470 e. The van der Waals surface area contributed by atoms with Crippen LogP contribution in [-0.4, -0.2) is 24.5 Å². The van der Waals surface area contributed by atoms with E-state index >= 15 is 0 Å². The van der Waals surface area contributed by atoms with Crippen LogP contribution in [0.3, 0.4) is 0 Å². The van der Waals surface area contributed by atoms with Gasteiger partial charge in [0, 0.05) is 12.6 Å². The summed E-state index contributed by atoms with van der Waals surface area (Å²) in [7, 11) is 0. The minimum atomic E-state index is 0.385. The van der Waals surface area contributed by atoms with Crippen LogP contribution in [0, 0.1) is 19.3 Å². The molecule has 1 aromatic rings. The Bertz CT molecular complexity index is 432. The smallest absolute Gasteiger partial charge is 0.0470 e. The highest BCUT2D eigenvalue weighted by Crippen LogP contribution is 2.40. The Balaban J connectivity index is 2.12. The first-order valence-corrected chi connectivity index (χ1v) is 8.56. The highest BCUT2D eigenvalue weighted by atomic mass is 15.2. The van der Waals surface area contributed by atoms with Crippen LogP contribution < -0.4 is 5.73 Å². The minimum absolute atomic E-state index is 0.385. The van der Waals surface area contributed by atoms with Crippen molar-refractivity contribution in [3.63, 3.8) is 0 Å². The van der Waals surface area contributed by atoms with Crippen molar-refractivity contribution < 1.29 is 0 Å². The van der Waals surface area contributed by atoms with E-state index in [0.717, 1.165) is 0 Å². The van der Waals surface area contributed by atoms with Crippen LogP contribution in [-0.2, 0) is 0 Å². The molecule has 2 N–H and O–H groups in total. The average Bonchev–Trinajstić information content (AvgIpc) is 2.48. The first-order valence-electron chi connectivity index (χ1n) is 8.56. The first-order chi connectivity index (χ1) is 10.0. The molecule has 0 amide bonds. The Labute approximate surface area is 130 Å². The van der Waals surface area contributed by atoms with Crippen molar-refractivity contribution in [2.75, 3.05) is 19.6 Å². The molecule has 1 atom stereocenters. The van der Waals surface area contributed by atoms with Gasteiger partial charge in [0.05, 0.1) is 0 Å². The zero-order chi connectivity index (χ0) is 15.5. The largest absolute Gasteiger partial charge is 0.329 e. The third-order valence-corrected chi connectivity index (χ3v) is 5.65. The van der Waals surface area contributed by atoms with E-state index in [4.69, 9.17) is 5.73 Å². The van der Waals surface area contributed by atoms with Crippen LogP contribution in [0.2, 0.25) is 0 Å². The molecule has 1 fully saturated rings. The third kappa shape index (κ3) is 3.67. The van der Waals surface area contributed by atoms with Crippen molar-refractivity contribution in [3.8, 4) is 0 Å². The van der Waals surface area contributed by atoms with Crippen LogP contribution in [0.5, 0.6) is 0 Å². The molecule has 1 aliphatic heterocycles. The fourth-order valence-corrected chi connectivity index (χ4v) is 3.97. The van der Waals surface area contributed by atoms with E-state index in [2.05, 4.69) is 50.8 Å². The number of likely N-dealkylation sites (tertiary alicyclic amines) is 1. The van der Waals surface area contributed by atoms with Crippen LogP contribution >= 0.6 is 0 Å². The molecule has 0 aliphatic carbocycles. The van der Waals surface area contributed by atoms with Gasteiger partial charge in [0.15, 0.2) is 0 Å². The molecule has 118 valence electrons. The van der Waals surface area contributed by atoms with Crippen molar-refractivity contribution in [1.82, 2.24) is 4.90 Å². The molecule has 1 aromatic carbocycles. The summed E-state index contributed by atoms with van der Waals surface area (Å²) < 4.78 is 0. The van der Waals surface area contributed by atoms with E-state index in [1.165, 1.54) is 55.5 Å². The predicted octanol–water partition coefficient (Wildman–Crippen LogP) is 4.21. The zero-order valence-corrected chi connectivity index (χ0v) is 14.3. The molecule has 21 heavy (non-hydrogen) atoms. The summed E-state index contributed by atoms with van der Waals surface area (Å²) in [5, 5.41) is 0. The van der Waals surface area contributed by atoms with Crippen molar-refractivity contribution in [3.05, 3.63) is 34.9 Å². The molecule has 1 heterocycles. The quantitative estimate of drug-likeness (QED) is 0.879. The Morgan fingerprint density at radius 2 is 1.57 bits per heavy atom. The number of nitrogens with zero attached hydrogens (tertiary/aromatic N) is 1. The molecule has 0 aromatic heterocycles. The standard InChI is InChI=1S/C19H32N2/c1-5-19(6-2)7-9-21(10-8-19)18(14-20)17-12-15(3)11-16(4)13-17/h11-13,18H,5-10,14,20H2,1-4H3. The average molecular weight is 288 g/mol. The van der Waals surface area contributed by atoms with E-state index in [0.29, 0.717) is 18.0 Å². The van der Waals surface area contributed by atoms with Gasteiger partial charge in [-0.25, -0.2) is 0 Å². The van der Waals surface area contributed by atoms with Crippen molar-refractivity contribution >= 4 is 0 Å². The number of hydrogen-bond donors (Lipinski definition) is 1. The van der Waals surface area contributed by atoms with Crippen LogP contribution in [0.1, 0.15) is 62.3 Å². The Hall–Kier alpha value is -0.860. The van der Waals surface area contributed by atoms with Crippen molar-refractivity contribution in [2.24, 2.45) is 11.1 Å². The highest BCUT2D eigenvalue weighted by molar-refractivity contribution is 5.31. The highest BCUT2D eigenvalue weighted by Gasteiger charge is 2.33. The van der Waals surface area contributed by atoms with E-state index in [1.54, 1.807) is 0 Å². The van der Waals surface area contributed by atoms with Gasteiger partial charge in [-0.05, 0) is 50.8 Å². The molecule has 0 saturated carbocycles. The van der Waals surface area contributed by atoms with E-state index < -0.39 is 0 Å². The molecule has 0 radical (unpaired) electrons. The lowest BCUT2D eigenvalue weighted by molar-refractivity contribution is 0.0679. The molecule has 0 bridgehead atoms. The molecular weight excluding hydrogens is 256 g/mol. The second-order valence-corrected chi connectivity index (χ2v) is 6.92. The summed E-state index contributed by atoms with van der Waals surface area (Å²) in [6, 6.07) is 7.25. The topological polar surface area (TPSA) is 29.3 Å². The van der Waals surface area contributed by atoms with Crippen LogP contribution in [0.25, 0.3) is 0 Å². The lowest BCUT2D eigenvalue weighted by Crippen LogP contribution is -2.43. The van der Waals surface area contributed by atoms with Gasteiger partial charge < -0.3 is 5.73 Å². The van der Waals surface area contributed by atoms with Gasteiger partial charge in [-0.1, -0.05) is 56.0 Å². The molecule has 1 saturated heterocycles. The molecule has 2 rings (SSSR count). The molecule has 0 spiro atoms. The van der Waals surface area contributed by atoms with Gasteiger partial charge in [0.1, 0.15) is 0 Å². The SMILES string of the molecule is CCC1(CC)CCN(C(CN)c2cc(C)cc(C)c2)CC1. The number of piperidine rings is 1. The van der Waals surface area contributed by atoms with Gasteiger partial charge in [-0.15, -0.1) is 0 Å². The van der Waals surface area contributed by atoms with E-state index in [9.17, 15) is 0 Å². The maximum absolute atomic E-state index is 6.13. The second-order valence-electron chi connectivity index (χ2n) is 6.92. The summed E-state index contributed by atoms with van der Waals surface area (Å²) in [6.45, 7) is 12.2. The Morgan fingerprint density at radius 3 is 2.00 bits per heavy atom. The number of rotatable bonds is 5. The van der Waals surface area contributed by atoms with Crippen molar-refractivity contribution in [2.45, 2.75) is 59.4 Å². The van der Waals surface area contributed by atoms with Crippen LogP contribution in [0.15, 0.2) is 18.2 Å². The van der Waals surface area contributed by atoms with Gasteiger partial charge in [0.25, 0.3) is 0 Å². The number of hydrogen-bond acceptors (Lipinski definition) is 2. The predicted molar refractivity (Wildman–Crippen MR) is 91.5 cm³/mol. The third-order valence-electron chi connectivity index (χ3n) is 5.65.